The Bertz CT molecular complexity index is 349. The van der Waals surface area contributed by atoms with E-state index in [9.17, 15) is 0 Å². The predicted molar refractivity (Wildman–Crippen MR) is 73.1 cm³/mol. The number of anilines is 1. The third-order valence-corrected chi connectivity index (χ3v) is 4.17. The van der Waals surface area contributed by atoms with Crippen molar-refractivity contribution in [2.45, 2.75) is 13.0 Å². The molecule has 2 nitrogen and oxygen atoms in total. The molecule has 1 saturated heterocycles. The van der Waals surface area contributed by atoms with Gasteiger partial charge in [-0.2, -0.15) is 11.8 Å². The number of hydrogen-bond donors (Lipinski definition) is 1. The maximum absolute atomic E-state index is 5.91. The Morgan fingerprint density at radius 3 is 3.00 bits per heavy atom. The molecule has 1 heterocycles. The molecule has 0 aromatic heterocycles. The number of thioether (sulfide) groups is 1. The van der Waals surface area contributed by atoms with Gasteiger partial charge in [-0.05, 0) is 36.4 Å². The lowest BCUT2D eigenvalue weighted by atomic mass is 10.2. The van der Waals surface area contributed by atoms with Crippen molar-refractivity contribution >= 4 is 29.1 Å². The number of nitrogens with zero attached hydrogens (tertiary/aromatic N) is 1. The van der Waals surface area contributed by atoms with Crippen LogP contribution < -0.4 is 5.73 Å². The molecule has 16 heavy (non-hydrogen) atoms. The van der Waals surface area contributed by atoms with Crippen LogP contribution in [0.25, 0.3) is 0 Å². The average molecular weight is 257 g/mol. The molecule has 88 valence electrons. The highest BCUT2D eigenvalue weighted by molar-refractivity contribution is 7.99. The number of halogens is 1. The first-order chi connectivity index (χ1) is 7.75. The predicted octanol–water partition coefficient (Wildman–Crippen LogP) is 2.86. The fourth-order valence-corrected chi connectivity index (χ4v) is 2.95. The van der Waals surface area contributed by atoms with Gasteiger partial charge in [0.15, 0.2) is 0 Å². The highest BCUT2D eigenvalue weighted by atomic mass is 35.5. The number of nitrogens with two attached hydrogens (primary N) is 1. The summed E-state index contributed by atoms with van der Waals surface area (Å²) >= 11 is 7.96. The van der Waals surface area contributed by atoms with Gasteiger partial charge in [0.1, 0.15) is 0 Å². The van der Waals surface area contributed by atoms with Gasteiger partial charge in [-0.3, -0.25) is 4.90 Å². The molecule has 0 aliphatic carbocycles. The van der Waals surface area contributed by atoms with E-state index in [1.807, 2.05) is 23.9 Å². The van der Waals surface area contributed by atoms with Crippen LogP contribution in [0.15, 0.2) is 18.2 Å². The van der Waals surface area contributed by atoms with Crippen LogP contribution in [0, 0.1) is 0 Å². The monoisotopic (exact) mass is 256 g/mol. The van der Waals surface area contributed by atoms with Crippen LogP contribution in [-0.2, 0) is 6.54 Å². The molecule has 2 N–H and O–H groups in total. The molecular formula is C12H17ClN2S. The van der Waals surface area contributed by atoms with Crippen LogP contribution in [0.3, 0.4) is 0 Å². The number of nitrogen functional groups attached to an aromatic ring is 1. The summed E-state index contributed by atoms with van der Waals surface area (Å²) in [4.78, 5) is 2.49. The smallest absolute Gasteiger partial charge is 0.0635 e. The molecule has 1 aliphatic heterocycles. The van der Waals surface area contributed by atoms with Crippen molar-refractivity contribution in [1.82, 2.24) is 4.90 Å². The van der Waals surface area contributed by atoms with Gasteiger partial charge in [0.05, 0.1) is 10.7 Å². The summed E-state index contributed by atoms with van der Waals surface area (Å²) in [5.41, 5.74) is 7.74. The van der Waals surface area contributed by atoms with Gasteiger partial charge in [0.2, 0.25) is 0 Å². The number of benzene rings is 1. The molecule has 2 rings (SSSR count). The van der Waals surface area contributed by atoms with E-state index in [-0.39, 0.29) is 0 Å². The molecule has 1 aliphatic rings. The molecule has 0 atom stereocenters. The lowest BCUT2D eigenvalue weighted by Gasteiger charge is -2.19. The Balaban J connectivity index is 1.99. The molecule has 0 amide bonds. The third-order valence-electron chi connectivity index (χ3n) is 2.78. The molecule has 1 aromatic carbocycles. The van der Waals surface area contributed by atoms with E-state index in [1.165, 1.54) is 36.6 Å². The van der Waals surface area contributed by atoms with Crippen molar-refractivity contribution in [2.75, 3.05) is 30.3 Å². The second-order valence-corrected chi connectivity index (χ2v) is 5.73. The minimum Gasteiger partial charge on any atom is -0.398 e. The van der Waals surface area contributed by atoms with Gasteiger partial charge in [-0.25, -0.2) is 0 Å². The van der Waals surface area contributed by atoms with E-state index in [1.54, 1.807) is 0 Å². The molecule has 0 unspecified atom stereocenters. The van der Waals surface area contributed by atoms with Crippen LogP contribution in [0.4, 0.5) is 5.69 Å². The van der Waals surface area contributed by atoms with Crippen molar-refractivity contribution in [2.24, 2.45) is 0 Å². The van der Waals surface area contributed by atoms with Gasteiger partial charge in [-0.1, -0.05) is 17.7 Å². The van der Waals surface area contributed by atoms with Gasteiger partial charge in [0, 0.05) is 18.8 Å². The number of hydrogen-bond acceptors (Lipinski definition) is 3. The fourth-order valence-electron chi connectivity index (χ4n) is 1.91. The molecule has 4 heteroatoms. The first kappa shape index (κ1) is 12.1. The Hall–Kier alpha value is -0.380. The molecule has 1 aromatic rings. The lowest BCUT2D eigenvalue weighted by molar-refractivity contribution is 0.287. The lowest BCUT2D eigenvalue weighted by Crippen LogP contribution is -2.25. The van der Waals surface area contributed by atoms with Gasteiger partial charge in [-0.15, -0.1) is 0 Å². The van der Waals surface area contributed by atoms with E-state index >= 15 is 0 Å². The summed E-state index contributed by atoms with van der Waals surface area (Å²) in [7, 11) is 0. The summed E-state index contributed by atoms with van der Waals surface area (Å²) < 4.78 is 0. The van der Waals surface area contributed by atoms with Crippen molar-refractivity contribution in [3.63, 3.8) is 0 Å². The normalized spacial score (nSPS) is 18.3. The maximum atomic E-state index is 5.91. The van der Waals surface area contributed by atoms with Gasteiger partial charge >= 0.3 is 0 Å². The molecule has 0 saturated carbocycles. The summed E-state index contributed by atoms with van der Waals surface area (Å²) in [5, 5.41) is 0.648. The zero-order valence-corrected chi connectivity index (χ0v) is 10.9. The van der Waals surface area contributed by atoms with Gasteiger partial charge in [0.25, 0.3) is 0 Å². The largest absolute Gasteiger partial charge is 0.398 e. The maximum Gasteiger partial charge on any atom is 0.0635 e. The zero-order chi connectivity index (χ0) is 11.4. The van der Waals surface area contributed by atoms with Crippen LogP contribution in [0.5, 0.6) is 0 Å². The Morgan fingerprint density at radius 2 is 2.19 bits per heavy atom. The summed E-state index contributed by atoms with van der Waals surface area (Å²) in [6.45, 7) is 3.35. The molecule has 1 fully saturated rings. The Kier molecular flexibility index (Phi) is 4.38. The van der Waals surface area contributed by atoms with Crippen LogP contribution in [-0.4, -0.2) is 29.5 Å². The molecule has 0 spiro atoms. The van der Waals surface area contributed by atoms with E-state index < -0.39 is 0 Å². The zero-order valence-electron chi connectivity index (χ0n) is 9.29. The third kappa shape index (κ3) is 3.30. The molecule has 0 radical (unpaired) electrons. The van der Waals surface area contributed by atoms with E-state index in [0.29, 0.717) is 10.7 Å². The quantitative estimate of drug-likeness (QED) is 0.825. The SMILES string of the molecule is Nc1cc(CN2CCCSCC2)ccc1Cl. The fraction of sp³-hybridized carbons (Fsp3) is 0.500. The van der Waals surface area contributed by atoms with E-state index in [4.69, 9.17) is 17.3 Å². The van der Waals surface area contributed by atoms with Crippen LogP contribution in [0.1, 0.15) is 12.0 Å². The molecule has 0 bridgehead atoms. The van der Waals surface area contributed by atoms with Crippen molar-refractivity contribution in [1.29, 1.82) is 0 Å². The highest BCUT2D eigenvalue weighted by Crippen LogP contribution is 2.21. The van der Waals surface area contributed by atoms with E-state index in [2.05, 4.69) is 11.0 Å². The van der Waals surface area contributed by atoms with Crippen molar-refractivity contribution in [3.8, 4) is 0 Å². The highest BCUT2D eigenvalue weighted by Gasteiger charge is 2.10. The molecular weight excluding hydrogens is 240 g/mol. The first-order valence-corrected chi connectivity index (χ1v) is 7.13. The van der Waals surface area contributed by atoms with Crippen molar-refractivity contribution in [3.05, 3.63) is 28.8 Å². The second-order valence-electron chi connectivity index (χ2n) is 4.10. The van der Waals surface area contributed by atoms with Crippen LogP contribution >= 0.6 is 23.4 Å². The minimum atomic E-state index is 0.648. The summed E-state index contributed by atoms with van der Waals surface area (Å²) in [6, 6.07) is 5.94. The minimum absolute atomic E-state index is 0.648. The van der Waals surface area contributed by atoms with Crippen LogP contribution in [0.2, 0.25) is 5.02 Å². The van der Waals surface area contributed by atoms with E-state index in [0.717, 1.165) is 6.54 Å². The first-order valence-electron chi connectivity index (χ1n) is 5.60. The summed E-state index contributed by atoms with van der Waals surface area (Å²) in [6.07, 6.45) is 1.29. The number of rotatable bonds is 2. The average Bonchev–Trinajstić information content (AvgIpc) is 2.52. The standard InChI is InChI=1S/C12H17ClN2S/c13-11-3-2-10(8-12(11)14)9-15-4-1-6-16-7-5-15/h2-3,8H,1,4-7,9,14H2. The van der Waals surface area contributed by atoms with Gasteiger partial charge < -0.3 is 5.73 Å². The topological polar surface area (TPSA) is 29.3 Å². The Labute approximate surface area is 106 Å². The van der Waals surface area contributed by atoms with Crippen molar-refractivity contribution < 1.29 is 0 Å². The second kappa shape index (κ2) is 5.80. The Morgan fingerprint density at radius 1 is 1.31 bits per heavy atom. The summed E-state index contributed by atoms with van der Waals surface area (Å²) in [5.74, 6) is 2.53.